The van der Waals surface area contributed by atoms with E-state index in [9.17, 15) is 13.6 Å². The van der Waals surface area contributed by atoms with E-state index in [4.69, 9.17) is 14.5 Å². The van der Waals surface area contributed by atoms with E-state index < -0.39 is 35.5 Å². The van der Waals surface area contributed by atoms with Gasteiger partial charge in [-0.2, -0.15) is 5.10 Å². The highest BCUT2D eigenvalue weighted by Gasteiger charge is 2.40. The number of aromatic nitrogens is 5. The third kappa shape index (κ3) is 5.53. The zero-order valence-electron chi connectivity index (χ0n) is 23.2. The number of halogens is 2. The van der Waals surface area contributed by atoms with Crippen molar-refractivity contribution in [3.8, 4) is 11.6 Å². The summed E-state index contributed by atoms with van der Waals surface area (Å²) in [5, 5.41) is 7.22. The van der Waals surface area contributed by atoms with Gasteiger partial charge in [-0.1, -0.05) is 0 Å². The minimum Gasteiger partial charge on any atom is -0.444 e. The number of carbonyl (C=O) groups excluding carboxylic acids is 1. The highest BCUT2D eigenvalue weighted by atomic mass is 19.1. The molecule has 3 atom stereocenters. The second-order valence-corrected chi connectivity index (χ2v) is 11.1. The Morgan fingerprint density at radius 2 is 1.97 bits per heavy atom. The molecule has 0 aliphatic carbocycles. The Morgan fingerprint density at radius 1 is 1.21 bits per heavy atom. The van der Waals surface area contributed by atoms with E-state index in [0.717, 1.165) is 47.8 Å². The van der Waals surface area contributed by atoms with Crippen molar-refractivity contribution in [3.05, 3.63) is 52.6 Å². The SMILES string of the molecule is CCn1c(-c2nc(C)nn2C)nc2c1CN([C@H]1CO[C@H](c3cc(F)ccc3F)[C@@H](NC(=O)OC(C)(C)C)C1)C2. The number of hydrogen-bond donors (Lipinski definition) is 1. The fraction of sp³-hybridized carbons (Fsp3) is 0.556. The average Bonchev–Trinajstić information content (AvgIpc) is 3.50. The summed E-state index contributed by atoms with van der Waals surface area (Å²) in [5.74, 6) is 1.04. The molecule has 0 radical (unpaired) electrons. The van der Waals surface area contributed by atoms with Crippen molar-refractivity contribution in [1.82, 2.24) is 34.5 Å². The van der Waals surface area contributed by atoms with Gasteiger partial charge in [-0.3, -0.25) is 4.90 Å². The lowest BCUT2D eigenvalue weighted by Crippen LogP contribution is -2.52. The molecule has 10 nitrogen and oxygen atoms in total. The number of benzene rings is 1. The van der Waals surface area contributed by atoms with Crippen molar-refractivity contribution in [2.45, 2.75) is 84.5 Å². The summed E-state index contributed by atoms with van der Waals surface area (Å²) in [5.41, 5.74) is 1.42. The van der Waals surface area contributed by atoms with Crippen LogP contribution in [0.15, 0.2) is 18.2 Å². The van der Waals surface area contributed by atoms with Gasteiger partial charge in [0.15, 0.2) is 11.6 Å². The van der Waals surface area contributed by atoms with Crippen molar-refractivity contribution in [2.75, 3.05) is 6.61 Å². The quantitative estimate of drug-likeness (QED) is 0.519. The van der Waals surface area contributed by atoms with Gasteiger partial charge in [-0.05, 0) is 59.2 Å². The first kappa shape index (κ1) is 27.2. The molecule has 1 aromatic carbocycles. The fourth-order valence-electron chi connectivity index (χ4n) is 5.46. The van der Waals surface area contributed by atoms with Crippen LogP contribution < -0.4 is 5.32 Å². The lowest BCUT2D eigenvalue weighted by atomic mass is 9.92. The highest BCUT2D eigenvalue weighted by Crippen LogP contribution is 2.36. The maximum Gasteiger partial charge on any atom is 0.407 e. The van der Waals surface area contributed by atoms with Crippen LogP contribution in [0.2, 0.25) is 0 Å². The molecular weight excluding hydrogens is 508 g/mol. The molecule has 5 rings (SSSR count). The molecule has 4 heterocycles. The standard InChI is InChI=1S/C27H35F2N7O3/c1-7-36-22-13-35(12-21(22)31-25(36)24-30-15(2)33-34(24)6)17-11-20(32-26(37)39-27(3,4)5)23(38-14-17)18-10-16(28)8-9-19(18)29/h8-10,17,20,23H,7,11-14H2,1-6H3,(H,32,37)/t17-,20+,23-/m1/s1. The van der Waals surface area contributed by atoms with E-state index in [-0.39, 0.29) is 11.6 Å². The van der Waals surface area contributed by atoms with Crippen molar-refractivity contribution in [3.63, 3.8) is 0 Å². The summed E-state index contributed by atoms with van der Waals surface area (Å²) < 4.78 is 44.3. The number of imidazole rings is 1. The minimum absolute atomic E-state index is 0.0712. The zero-order valence-corrected chi connectivity index (χ0v) is 23.2. The van der Waals surface area contributed by atoms with Crippen molar-refractivity contribution < 1.29 is 23.0 Å². The molecule has 0 spiro atoms. The maximum absolute atomic E-state index is 14.7. The lowest BCUT2D eigenvalue weighted by molar-refractivity contribution is -0.0630. The molecule has 0 unspecified atom stereocenters. The van der Waals surface area contributed by atoms with Gasteiger partial charge in [0, 0.05) is 38.3 Å². The predicted molar refractivity (Wildman–Crippen MR) is 138 cm³/mol. The Balaban J connectivity index is 1.37. The number of hydrogen-bond acceptors (Lipinski definition) is 7. The number of fused-ring (bicyclic) bond motifs is 1. The van der Waals surface area contributed by atoms with Gasteiger partial charge in [0.25, 0.3) is 0 Å². The van der Waals surface area contributed by atoms with Crippen LogP contribution in [-0.2, 0) is 36.2 Å². The largest absolute Gasteiger partial charge is 0.444 e. The molecule has 1 saturated heterocycles. The van der Waals surface area contributed by atoms with E-state index in [1.165, 1.54) is 0 Å². The second-order valence-electron chi connectivity index (χ2n) is 11.1. The number of ether oxygens (including phenoxy) is 2. The van der Waals surface area contributed by atoms with Crippen LogP contribution in [0.3, 0.4) is 0 Å². The minimum atomic E-state index is -0.859. The van der Waals surface area contributed by atoms with E-state index in [1.54, 1.807) is 25.5 Å². The molecule has 1 fully saturated rings. The fourth-order valence-corrected chi connectivity index (χ4v) is 5.46. The number of nitrogens with zero attached hydrogens (tertiary/aromatic N) is 6. The number of nitrogens with one attached hydrogen (secondary N) is 1. The van der Waals surface area contributed by atoms with Gasteiger partial charge in [-0.15, -0.1) is 0 Å². The number of alkyl carbamates (subject to hydrolysis) is 1. The summed E-state index contributed by atoms with van der Waals surface area (Å²) >= 11 is 0. The van der Waals surface area contributed by atoms with Crippen molar-refractivity contribution in [2.24, 2.45) is 7.05 Å². The first-order valence-corrected chi connectivity index (χ1v) is 13.2. The van der Waals surface area contributed by atoms with Crippen LogP contribution in [0.5, 0.6) is 0 Å². The summed E-state index contributed by atoms with van der Waals surface area (Å²) in [6.07, 6.45) is -1.03. The number of carbonyl (C=O) groups is 1. The van der Waals surface area contributed by atoms with Gasteiger partial charge in [0.1, 0.15) is 29.2 Å². The van der Waals surface area contributed by atoms with Crippen molar-refractivity contribution >= 4 is 6.09 Å². The lowest BCUT2D eigenvalue weighted by Gasteiger charge is -2.40. The molecule has 3 aromatic rings. The molecule has 39 heavy (non-hydrogen) atoms. The van der Waals surface area contributed by atoms with Gasteiger partial charge in [0.05, 0.1) is 24.0 Å². The summed E-state index contributed by atoms with van der Waals surface area (Å²) in [4.78, 5) is 24.4. The second kappa shape index (κ2) is 10.3. The predicted octanol–water partition coefficient (Wildman–Crippen LogP) is 4.02. The third-order valence-corrected chi connectivity index (χ3v) is 7.09. The molecule has 2 aromatic heterocycles. The van der Waals surface area contributed by atoms with Gasteiger partial charge < -0.3 is 19.4 Å². The molecule has 2 aliphatic heterocycles. The third-order valence-electron chi connectivity index (χ3n) is 7.09. The molecule has 210 valence electrons. The van der Waals surface area contributed by atoms with Crippen molar-refractivity contribution in [1.29, 1.82) is 0 Å². The summed E-state index contributed by atoms with van der Waals surface area (Å²) in [6, 6.07) is 2.55. The van der Waals surface area contributed by atoms with E-state index >= 15 is 0 Å². The van der Waals surface area contributed by atoms with Gasteiger partial charge in [-0.25, -0.2) is 28.2 Å². The monoisotopic (exact) mass is 543 g/mol. The summed E-state index contributed by atoms with van der Waals surface area (Å²) in [7, 11) is 1.86. The molecule has 0 bridgehead atoms. The van der Waals surface area contributed by atoms with Gasteiger partial charge >= 0.3 is 6.09 Å². The molecule has 12 heteroatoms. The number of rotatable bonds is 5. The summed E-state index contributed by atoms with van der Waals surface area (Å²) in [6.45, 7) is 11.5. The van der Waals surface area contributed by atoms with E-state index in [2.05, 4.69) is 31.8 Å². The number of aryl methyl sites for hydroxylation is 2. The average molecular weight is 544 g/mol. The van der Waals surface area contributed by atoms with Crippen LogP contribution in [0.4, 0.5) is 13.6 Å². The van der Waals surface area contributed by atoms with E-state index in [0.29, 0.717) is 31.9 Å². The first-order chi connectivity index (χ1) is 18.4. The van der Waals surface area contributed by atoms with Crippen LogP contribution >= 0.6 is 0 Å². The number of amides is 1. The molecular formula is C27H35F2N7O3. The zero-order chi connectivity index (χ0) is 28.1. The molecule has 1 N–H and O–H groups in total. The Labute approximate surface area is 226 Å². The Morgan fingerprint density at radius 3 is 2.64 bits per heavy atom. The van der Waals surface area contributed by atoms with E-state index in [1.807, 2.05) is 14.0 Å². The molecule has 0 saturated carbocycles. The normalized spacial score (nSPS) is 21.7. The Kier molecular flexibility index (Phi) is 7.19. The first-order valence-electron chi connectivity index (χ1n) is 13.2. The van der Waals surface area contributed by atoms with Crippen LogP contribution in [0, 0.1) is 18.6 Å². The molecule has 2 aliphatic rings. The topological polar surface area (TPSA) is 99.3 Å². The highest BCUT2D eigenvalue weighted by molar-refractivity contribution is 5.68. The Bertz CT molecular complexity index is 1380. The van der Waals surface area contributed by atoms with Gasteiger partial charge in [0.2, 0.25) is 0 Å². The smallest absolute Gasteiger partial charge is 0.407 e. The van der Waals surface area contributed by atoms with Crippen LogP contribution in [0.25, 0.3) is 11.6 Å². The molecule has 1 amide bonds. The van der Waals surface area contributed by atoms with Crippen LogP contribution in [0.1, 0.15) is 63.0 Å². The van der Waals surface area contributed by atoms with Crippen LogP contribution in [-0.4, -0.2) is 59.6 Å². The maximum atomic E-state index is 14.7. The Hall–Kier alpha value is -3.38.